The van der Waals surface area contributed by atoms with E-state index in [1.807, 2.05) is 12.5 Å². The van der Waals surface area contributed by atoms with Gasteiger partial charge < -0.3 is 11.1 Å². The summed E-state index contributed by atoms with van der Waals surface area (Å²) in [4.78, 5) is 8.36. The van der Waals surface area contributed by atoms with Crippen LogP contribution in [0.3, 0.4) is 0 Å². The highest BCUT2D eigenvalue weighted by Crippen LogP contribution is 2.14. The lowest BCUT2D eigenvalue weighted by atomic mass is 10.5. The first-order valence-electron chi connectivity index (χ1n) is 5.04. The van der Waals surface area contributed by atoms with Gasteiger partial charge in [-0.15, -0.1) is 5.10 Å². The van der Waals surface area contributed by atoms with Crippen LogP contribution in [-0.2, 0) is 6.54 Å². The second-order valence-corrected chi connectivity index (χ2v) is 4.03. The Morgan fingerprint density at radius 1 is 1.47 bits per heavy atom. The number of nitrogens with one attached hydrogen (secondary N) is 1. The minimum Gasteiger partial charge on any atom is -0.383 e. The molecular formula is C9H13N7S. The van der Waals surface area contributed by atoms with Crippen molar-refractivity contribution in [3.05, 3.63) is 18.5 Å². The summed E-state index contributed by atoms with van der Waals surface area (Å²) in [7, 11) is 0. The number of hydrogen-bond acceptors (Lipinski definition) is 7. The second-order valence-electron chi connectivity index (χ2n) is 3.26. The van der Waals surface area contributed by atoms with Crippen LogP contribution in [0.5, 0.6) is 0 Å². The first-order valence-corrected chi connectivity index (χ1v) is 6.27. The van der Waals surface area contributed by atoms with E-state index in [1.54, 1.807) is 16.9 Å². The van der Waals surface area contributed by atoms with Gasteiger partial charge >= 0.3 is 0 Å². The molecule has 0 fully saturated rings. The molecule has 0 unspecified atom stereocenters. The van der Waals surface area contributed by atoms with Crippen molar-refractivity contribution in [3.8, 4) is 0 Å². The Kier molecular flexibility index (Phi) is 3.76. The van der Waals surface area contributed by atoms with Crippen molar-refractivity contribution in [2.24, 2.45) is 0 Å². The Morgan fingerprint density at radius 2 is 2.35 bits per heavy atom. The van der Waals surface area contributed by atoms with Crippen molar-refractivity contribution < 1.29 is 0 Å². The normalized spacial score (nSPS) is 10.4. The third kappa shape index (κ3) is 3.31. The molecule has 0 aliphatic carbocycles. The number of nitrogens with zero attached hydrogens (tertiary/aromatic N) is 5. The summed E-state index contributed by atoms with van der Waals surface area (Å²) in [5.41, 5.74) is 5.67. The fraction of sp³-hybridized carbons (Fsp3) is 0.333. The van der Waals surface area contributed by atoms with Gasteiger partial charge in [0.25, 0.3) is 0 Å². The maximum absolute atomic E-state index is 5.67. The molecule has 0 aliphatic heterocycles. The third-order valence-electron chi connectivity index (χ3n) is 2.03. The molecule has 2 aromatic heterocycles. The van der Waals surface area contributed by atoms with E-state index in [4.69, 9.17) is 5.73 Å². The van der Waals surface area contributed by atoms with Gasteiger partial charge in [-0.1, -0.05) is 17.0 Å². The quantitative estimate of drug-likeness (QED) is 0.589. The van der Waals surface area contributed by atoms with Crippen molar-refractivity contribution >= 4 is 23.4 Å². The zero-order valence-corrected chi connectivity index (χ0v) is 10.2. The van der Waals surface area contributed by atoms with Crippen LogP contribution in [0.15, 0.2) is 23.6 Å². The van der Waals surface area contributed by atoms with E-state index in [9.17, 15) is 0 Å². The van der Waals surface area contributed by atoms with E-state index in [0.717, 1.165) is 12.4 Å². The molecular weight excluding hydrogens is 238 g/mol. The first-order chi connectivity index (χ1) is 8.28. The number of thioether (sulfide) groups is 1. The maximum atomic E-state index is 5.67. The molecule has 3 N–H and O–H groups in total. The monoisotopic (exact) mass is 251 g/mol. The summed E-state index contributed by atoms with van der Waals surface area (Å²) in [5, 5.41) is 11.4. The van der Waals surface area contributed by atoms with Gasteiger partial charge in [0.15, 0.2) is 5.16 Å². The Balaban J connectivity index is 1.92. The highest BCUT2D eigenvalue weighted by Gasteiger charge is 2.01. The Labute approximate surface area is 103 Å². The number of nitrogen functional groups attached to an aromatic ring is 1. The predicted octanol–water partition coefficient (Wildman–Crippen LogP) is 0.484. The molecule has 0 spiro atoms. The van der Waals surface area contributed by atoms with Crippen molar-refractivity contribution in [1.29, 1.82) is 0 Å². The predicted molar refractivity (Wildman–Crippen MR) is 66.7 cm³/mol. The summed E-state index contributed by atoms with van der Waals surface area (Å²) < 4.78 is 1.74. The number of rotatable bonds is 5. The summed E-state index contributed by atoms with van der Waals surface area (Å²) in [6.45, 7) is 1.42. The average molecular weight is 251 g/mol. The lowest BCUT2D eigenvalue weighted by Gasteiger charge is -2.07. The molecule has 8 heteroatoms. The van der Waals surface area contributed by atoms with Crippen molar-refractivity contribution in [3.63, 3.8) is 0 Å². The second kappa shape index (κ2) is 5.48. The van der Waals surface area contributed by atoms with E-state index in [1.165, 1.54) is 11.8 Å². The summed E-state index contributed by atoms with van der Waals surface area (Å²) in [6, 6.07) is 1.71. The Morgan fingerprint density at radius 3 is 3.06 bits per heavy atom. The van der Waals surface area contributed by atoms with Gasteiger partial charge in [0.05, 0.1) is 12.7 Å². The van der Waals surface area contributed by atoms with Crippen LogP contribution in [0.1, 0.15) is 0 Å². The molecule has 0 aromatic carbocycles. The van der Waals surface area contributed by atoms with Crippen LogP contribution in [0.4, 0.5) is 11.6 Å². The van der Waals surface area contributed by atoms with E-state index in [2.05, 4.69) is 25.6 Å². The molecule has 2 rings (SSSR count). The van der Waals surface area contributed by atoms with Crippen LogP contribution >= 0.6 is 11.8 Å². The molecule has 0 aliphatic rings. The van der Waals surface area contributed by atoms with Crippen molar-refractivity contribution in [1.82, 2.24) is 25.0 Å². The maximum Gasteiger partial charge on any atom is 0.191 e. The van der Waals surface area contributed by atoms with Crippen molar-refractivity contribution in [2.45, 2.75) is 11.7 Å². The van der Waals surface area contributed by atoms with Crippen LogP contribution in [0.2, 0.25) is 0 Å². The molecule has 0 amide bonds. The van der Waals surface area contributed by atoms with E-state index in [-0.39, 0.29) is 0 Å². The summed E-state index contributed by atoms with van der Waals surface area (Å²) in [5.74, 6) is 1.19. The summed E-state index contributed by atoms with van der Waals surface area (Å²) in [6.07, 6.45) is 5.37. The van der Waals surface area contributed by atoms with Crippen LogP contribution in [0, 0.1) is 0 Å². The summed E-state index contributed by atoms with van der Waals surface area (Å²) >= 11 is 1.46. The standard InChI is InChI=1S/C9H13N7S/c1-17-9-13-7(10)6-8(14-9)11-2-4-16-5-3-12-15-16/h3,5-6H,2,4H2,1H3,(H3,10,11,13,14). The Hall–Kier alpha value is -1.83. The van der Waals surface area contributed by atoms with Gasteiger partial charge in [-0.2, -0.15) is 0 Å². The molecule has 0 saturated carbocycles. The zero-order chi connectivity index (χ0) is 12.1. The lowest BCUT2D eigenvalue weighted by Crippen LogP contribution is -2.12. The topological polar surface area (TPSA) is 94.5 Å². The van der Waals surface area contributed by atoms with Crippen LogP contribution in [0.25, 0.3) is 0 Å². The van der Waals surface area contributed by atoms with Gasteiger partial charge in [-0.25, -0.2) is 9.97 Å². The molecule has 2 heterocycles. The lowest BCUT2D eigenvalue weighted by molar-refractivity contribution is 0.608. The molecule has 0 atom stereocenters. The molecule has 0 saturated heterocycles. The third-order valence-corrected chi connectivity index (χ3v) is 2.57. The van der Waals surface area contributed by atoms with E-state index in [0.29, 0.717) is 17.5 Å². The van der Waals surface area contributed by atoms with Crippen LogP contribution < -0.4 is 11.1 Å². The SMILES string of the molecule is CSc1nc(N)cc(NCCn2ccnn2)n1. The molecule has 90 valence electrons. The number of aromatic nitrogens is 5. The fourth-order valence-electron chi connectivity index (χ4n) is 1.28. The van der Waals surface area contributed by atoms with E-state index < -0.39 is 0 Å². The molecule has 7 nitrogen and oxygen atoms in total. The van der Waals surface area contributed by atoms with Gasteiger partial charge in [-0.05, 0) is 6.26 Å². The molecule has 0 bridgehead atoms. The van der Waals surface area contributed by atoms with Gasteiger partial charge in [0.2, 0.25) is 0 Å². The minimum atomic E-state index is 0.465. The van der Waals surface area contributed by atoms with Gasteiger partial charge in [0.1, 0.15) is 11.6 Å². The van der Waals surface area contributed by atoms with Gasteiger partial charge in [0, 0.05) is 18.8 Å². The average Bonchev–Trinajstić information content (AvgIpc) is 2.81. The zero-order valence-electron chi connectivity index (χ0n) is 9.37. The largest absolute Gasteiger partial charge is 0.383 e. The highest BCUT2D eigenvalue weighted by atomic mass is 32.2. The minimum absolute atomic E-state index is 0.465. The Bertz CT molecular complexity index is 470. The fourth-order valence-corrected chi connectivity index (χ4v) is 1.66. The van der Waals surface area contributed by atoms with Crippen LogP contribution in [-0.4, -0.2) is 37.8 Å². The highest BCUT2D eigenvalue weighted by molar-refractivity contribution is 7.98. The number of hydrogen-bond donors (Lipinski definition) is 2. The van der Waals surface area contributed by atoms with E-state index >= 15 is 0 Å². The number of anilines is 2. The molecule has 0 radical (unpaired) electrons. The van der Waals surface area contributed by atoms with Gasteiger partial charge in [-0.3, -0.25) is 4.68 Å². The smallest absolute Gasteiger partial charge is 0.191 e. The molecule has 17 heavy (non-hydrogen) atoms. The molecule has 2 aromatic rings. The van der Waals surface area contributed by atoms with Crippen molar-refractivity contribution in [2.75, 3.05) is 23.9 Å². The number of nitrogens with two attached hydrogens (primary N) is 1. The first kappa shape index (κ1) is 11.6.